The van der Waals surface area contributed by atoms with Crippen LogP contribution >= 0.6 is 11.6 Å². The maximum atomic E-state index is 13.7. The molecule has 1 unspecified atom stereocenters. The van der Waals surface area contributed by atoms with Crippen molar-refractivity contribution in [2.45, 2.75) is 19.4 Å². The maximum absolute atomic E-state index is 13.7. The van der Waals surface area contributed by atoms with Gasteiger partial charge in [0.2, 0.25) is 0 Å². The van der Waals surface area contributed by atoms with Crippen molar-refractivity contribution in [3.8, 4) is 11.4 Å². The predicted molar refractivity (Wildman–Crippen MR) is 130 cm³/mol. The van der Waals surface area contributed by atoms with E-state index in [2.05, 4.69) is 0 Å². The van der Waals surface area contributed by atoms with Crippen LogP contribution in [0.3, 0.4) is 0 Å². The molecule has 4 rings (SSSR count). The highest BCUT2D eigenvalue weighted by Crippen LogP contribution is 2.29. The van der Waals surface area contributed by atoms with Crippen LogP contribution in [0.2, 0.25) is 5.02 Å². The first kappa shape index (κ1) is 22.6. The summed E-state index contributed by atoms with van der Waals surface area (Å²) in [5.41, 5.74) is 1.44. The van der Waals surface area contributed by atoms with Crippen molar-refractivity contribution < 1.29 is 9.53 Å². The van der Waals surface area contributed by atoms with E-state index in [9.17, 15) is 9.59 Å². The second-order valence-electron chi connectivity index (χ2n) is 7.65. The number of aromatic nitrogens is 2. The number of carbonyl (C=O) groups excluding carboxylic acids is 1. The van der Waals surface area contributed by atoms with Crippen LogP contribution < -0.4 is 10.3 Å². The zero-order valence-corrected chi connectivity index (χ0v) is 19.4. The van der Waals surface area contributed by atoms with Crippen LogP contribution in [-0.4, -0.2) is 34.5 Å². The Balaban J connectivity index is 1.93. The zero-order chi connectivity index (χ0) is 23.5. The lowest BCUT2D eigenvalue weighted by Gasteiger charge is -2.29. The molecule has 4 aromatic rings. The summed E-state index contributed by atoms with van der Waals surface area (Å²) >= 11 is 5.99. The molecule has 6 nitrogen and oxygen atoms in total. The molecule has 0 spiro atoms. The standard InChI is InChI=1S/C26H24ClN3O3/c1-4-21(29(2)25(31)17-13-15-18(27)16-14-17)24-28-20-10-6-5-9-19(20)26(32)30(24)22-11-7-8-12-23(22)33-3/h5-16,21H,4H2,1-3H3. The molecule has 0 aliphatic carbocycles. The molecule has 0 N–H and O–H groups in total. The number of rotatable bonds is 6. The van der Waals surface area contributed by atoms with Crippen LogP contribution in [0.1, 0.15) is 35.6 Å². The van der Waals surface area contributed by atoms with Crippen LogP contribution in [0, 0.1) is 0 Å². The Bertz CT molecular complexity index is 1370. The molecule has 3 aromatic carbocycles. The molecule has 1 amide bonds. The van der Waals surface area contributed by atoms with Crippen molar-refractivity contribution in [3.05, 3.63) is 99.6 Å². The van der Waals surface area contributed by atoms with Gasteiger partial charge in [-0.2, -0.15) is 0 Å². The number of carbonyl (C=O) groups is 1. The number of methoxy groups -OCH3 is 1. The normalized spacial score (nSPS) is 11.9. The van der Waals surface area contributed by atoms with Crippen molar-refractivity contribution in [1.82, 2.24) is 14.5 Å². The smallest absolute Gasteiger partial charge is 0.266 e. The summed E-state index contributed by atoms with van der Waals surface area (Å²) in [4.78, 5) is 33.5. The first-order valence-electron chi connectivity index (χ1n) is 10.6. The molecular formula is C26H24ClN3O3. The molecule has 0 saturated carbocycles. The lowest BCUT2D eigenvalue weighted by molar-refractivity contribution is 0.0717. The molecule has 0 fully saturated rings. The van der Waals surface area contributed by atoms with Gasteiger partial charge in [-0.3, -0.25) is 14.2 Å². The maximum Gasteiger partial charge on any atom is 0.266 e. The lowest BCUT2D eigenvalue weighted by atomic mass is 10.1. The average Bonchev–Trinajstić information content (AvgIpc) is 2.84. The molecule has 1 atom stereocenters. The molecule has 0 aliphatic rings. The monoisotopic (exact) mass is 461 g/mol. The van der Waals surface area contributed by atoms with Crippen molar-refractivity contribution >= 4 is 28.4 Å². The van der Waals surface area contributed by atoms with Gasteiger partial charge in [-0.25, -0.2) is 4.98 Å². The largest absolute Gasteiger partial charge is 0.495 e. The Labute approximate surface area is 197 Å². The van der Waals surface area contributed by atoms with Gasteiger partial charge >= 0.3 is 0 Å². The van der Waals surface area contributed by atoms with E-state index >= 15 is 0 Å². The number of halogens is 1. The molecule has 0 radical (unpaired) electrons. The zero-order valence-electron chi connectivity index (χ0n) is 18.7. The quantitative estimate of drug-likeness (QED) is 0.392. The highest BCUT2D eigenvalue weighted by molar-refractivity contribution is 6.30. The highest BCUT2D eigenvalue weighted by atomic mass is 35.5. The van der Waals surface area contributed by atoms with Gasteiger partial charge in [0.1, 0.15) is 11.6 Å². The molecule has 0 aliphatic heterocycles. The first-order chi connectivity index (χ1) is 16.0. The molecule has 7 heteroatoms. The minimum absolute atomic E-state index is 0.187. The van der Waals surface area contributed by atoms with Crippen LogP contribution in [0.25, 0.3) is 16.6 Å². The summed E-state index contributed by atoms with van der Waals surface area (Å²) in [6.45, 7) is 1.96. The molecule has 1 heterocycles. The summed E-state index contributed by atoms with van der Waals surface area (Å²) in [5, 5.41) is 1.05. The predicted octanol–water partition coefficient (Wildman–Crippen LogP) is 5.27. The van der Waals surface area contributed by atoms with E-state index in [1.165, 1.54) is 0 Å². The van der Waals surface area contributed by atoms with Gasteiger partial charge in [0.05, 0.1) is 29.7 Å². The Morgan fingerprint density at radius 1 is 1.06 bits per heavy atom. The fourth-order valence-corrected chi connectivity index (χ4v) is 4.11. The average molecular weight is 462 g/mol. The van der Waals surface area contributed by atoms with Crippen LogP contribution in [0.5, 0.6) is 5.75 Å². The van der Waals surface area contributed by atoms with E-state index in [-0.39, 0.29) is 11.5 Å². The summed E-state index contributed by atoms with van der Waals surface area (Å²) < 4.78 is 7.10. The molecule has 33 heavy (non-hydrogen) atoms. The second kappa shape index (κ2) is 9.46. The highest BCUT2D eigenvalue weighted by Gasteiger charge is 2.28. The summed E-state index contributed by atoms with van der Waals surface area (Å²) in [5.74, 6) is 0.822. The number of nitrogens with zero attached hydrogens (tertiary/aromatic N) is 3. The van der Waals surface area contributed by atoms with Gasteiger partial charge in [-0.05, 0) is 55.0 Å². The van der Waals surface area contributed by atoms with Gasteiger partial charge in [0, 0.05) is 17.6 Å². The third-order valence-corrected chi connectivity index (χ3v) is 5.94. The number of fused-ring (bicyclic) bond motifs is 1. The van der Waals surface area contributed by atoms with E-state index in [0.29, 0.717) is 45.2 Å². The van der Waals surface area contributed by atoms with Crippen molar-refractivity contribution in [3.63, 3.8) is 0 Å². The van der Waals surface area contributed by atoms with Crippen molar-refractivity contribution in [2.75, 3.05) is 14.2 Å². The van der Waals surface area contributed by atoms with Crippen molar-refractivity contribution in [1.29, 1.82) is 0 Å². The van der Waals surface area contributed by atoms with Crippen LogP contribution in [-0.2, 0) is 0 Å². The topological polar surface area (TPSA) is 64.4 Å². The number of hydrogen-bond donors (Lipinski definition) is 0. The van der Waals surface area contributed by atoms with E-state index in [1.807, 2.05) is 37.3 Å². The number of amides is 1. The fourth-order valence-electron chi connectivity index (χ4n) is 3.99. The molecule has 0 saturated heterocycles. The minimum Gasteiger partial charge on any atom is -0.495 e. The molecule has 0 bridgehead atoms. The Morgan fingerprint density at radius 3 is 2.42 bits per heavy atom. The Morgan fingerprint density at radius 2 is 1.73 bits per heavy atom. The van der Waals surface area contributed by atoms with Gasteiger partial charge in [0.15, 0.2) is 0 Å². The number of ether oxygens (including phenoxy) is 1. The van der Waals surface area contributed by atoms with E-state index in [4.69, 9.17) is 21.3 Å². The third kappa shape index (κ3) is 4.22. The number of benzene rings is 3. The second-order valence-corrected chi connectivity index (χ2v) is 8.08. The van der Waals surface area contributed by atoms with E-state index in [0.717, 1.165) is 0 Å². The molecule has 1 aromatic heterocycles. The van der Waals surface area contributed by atoms with Crippen molar-refractivity contribution in [2.24, 2.45) is 0 Å². The molecular weight excluding hydrogens is 438 g/mol. The summed E-state index contributed by atoms with van der Waals surface area (Å²) in [6.07, 6.45) is 0.551. The van der Waals surface area contributed by atoms with Gasteiger partial charge in [-0.1, -0.05) is 42.8 Å². The van der Waals surface area contributed by atoms with Gasteiger partial charge in [-0.15, -0.1) is 0 Å². The first-order valence-corrected chi connectivity index (χ1v) is 11.0. The Kier molecular flexibility index (Phi) is 6.47. The number of para-hydroxylation sites is 3. The lowest BCUT2D eigenvalue weighted by Crippen LogP contribution is -2.36. The van der Waals surface area contributed by atoms with E-state index < -0.39 is 6.04 Å². The number of hydrogen-bond acceptors (Lipinski definition) is 4. The van der Waals surface area contributed by atoms with Gasteiger partial charge < -0.3 is 9.64 Å². The SMILES string of the molecule is CCC(c1nc2ccccc2c(=O)n1-c1ccccc1OC)N(C)C(=O)c1ccc(Cl)cc1. The van der Waals surface area contributed by atoms with Crippen LogP contribution in [0.15, 0.2) is 77.6 Å². The van der Waals surface area contributed by atoms with Crippen LogP contribution in [0.4, 0.5) is 0 Å². The van der Waals surface area contributed by atoms with E-state index in [1.54, 1.807) is 66.1 Å². The summed E-state index contributed by atoms with van der Waals surface area (Å²) in [6, 6.07) is 20.8. The third-order valence-electron chi connectivity index (χ3n) is 5.69. The van der Waals surface area contributed by atoms with Gasteiger partial charge in [0.25, 0.3) is 11.5 Å². The Hall–Kier alpha value is -3.64. The fraction of sp³-hybridized carbons (Fsp3) is 0.192. The summed E-state index contributed by atoms with van der Waals surface area (Å²) in [7, 11) is 3.28. The minimum atomic E-state index is -0.463. The molecule has 168 valence electrons.